The molecule has 0 aliphatic carbocycles. The number of aliphatic carboxylic acids is 1. The number of amides is 1. The zero-order chi connectivity index (χ0) is 19.9. The molecule has 1 aromatic heterocycles. The summed E-state index contributed by atoms with van der Waals surface area (Å²) in [6.45, 7) is 2.62. The van der Waals surface area contributed by atoms with E-state index < -0.39 is 43.0 Å². The number of aromatic nitrogens is 2. The lowest BCUT2D eigenvalue weighted by Crippen LogP contribution is -2.34. The fourth-order valence-corrected chi connectivity index (χ4v) is 3.37. The Hall–Kier alpha value is -2.84. The van der Waals surface area contributed by atoms with Gasteiger partial charge in [0.2, 0.25) is 0 Å². The van der Waals surface area contributed by atoms with Crippen molar-refractivity contribution in [3.8, 4) is 5.69 Å². The first kappa shape index (κ1) is 18.9. The summed E-state index contributed by atoms with van der Waals surface area (Å²) in [6, 6.07) is 8.21. The monoisotopic (exact) mass is 381 g/mol. The standard InChI is InChI=1S/C18H18F3N3O3/c1-10-7-11(2)24(22-10)13-5-3-12(4-6-13)16(25)23-8-14(17(26)27)15(9-23)18(19,20)21/h3-7,14-15H,8-9H2,1-2H3,(H,26,27)/t14-,15-/m1/s1. The molecule has 1 aliphatic heterocycles. The van der Waals surface area contributed by atoms with Crippen molar-refractivity contribution >= 4 is 11.9 Å². The zero-order valence-corrected chi connectivity index (χ0v) is 14.7. The van der Waals surface area contributed by atoms with Gasteiger partial charge in [0, 0.05) is 24.3 Å². The van der Waals surface area contributed by atoms with Gasteiger partial charge in [-0.3, -0.25) is 9.59 Å². The van der Waals surface area contributed by atoms with E-state index in [1.807, 2.05) is 19.9 Å². The Morgan fingerprint density at radius 1 is 1.15 bits per heavy atom. The van der Waals surface area contributed by atoms with Crippen LogP contribution in [0, 0.1) is 25.7 Å². The van der Waals surface area contributed by atoms with E-state index in [4.69, 9.17) is 5.11 Å². The summed E-state index contributed by atoms with van der Waals surface area (Å²) in [5.74, 6) is -5.88. The molecule has 2 aromatic rings. The van der Waals surface area contributed by atoms with Crippen molar-refractivity contribution in [2.75, 3.05) is 13.1 Å². The molecule has 1 saturated heterocycles. The van der Waals surface area contributed by atoms with Gasteiger partial charge >= 0.3 is 12.1 Å². The Balaban J connectivity index is 1.80. The number of nitrogens with zero attached hydrogens (tertiary/aromatic N) is 3. The number of hydrogen-bond acceptors (Lipinski definition) is 3. The molecule has 27 heavy (non-hydrogen) atoms. The number of aryl methyl sites for hydroxylation is 2. The van der Waals surface area contributed by atoms with Crippen LogP contribution in [0.4, 0.5) is 13.2 Å². The predicted octanol–water partition coefficient (Wildman–Crippen LogP) is 2.82. The molecule has 1 N–H and O–H groups in total. The molecule has 1 aliphatic rings. The van der Waals surface area contributed by atoms with Gasteiger partial charge in [-0.1, -0.05) is 0 Å². The quantitative estimate of drug-likeness (QED) is 0.887. The third kappa shape index (κ3) is 3.67. The molecule has 2 heterocycles. The maximum absolute atomic E-state index is 13.1. The van der Waals surface area contributed by atoms with Crippen molar-refractivity contribution in [1.29, 1.82) is 0 Å². The summed E-state index contributed by atoms with van der Waals surface area (Å²) < 4.78 is 40.9. The van der Waals surface area contributed by atoms with E-state index >= 15 is 0 Å². The molecule has 144 valence electrons. The molecule has 1 fully saturated rings. The third-order valence-electron chi connectivity index (χ3n) is 4.71. The normalized spacial score (nSPS) is 20.1. The number of benzene rings is 1. The van der Waals surface area contributed by atoms with Gasteiger partial charge < -0.3 is 10.0 Å². The van der Waals surface area contributed by atoms with E-state index in [-0.39, 0.29) is 5.56 Å². The van der Waals surface area contributed by atoms with Crippen LogP contribution in [0.1, 0.15) is 21.7 Å². The summed E-state index contributed by atoms with van der Waals surface area (Å²) in [6.07, 6.45) is -4.67. The Labute approximate surface area is 153 Å². The lowest BCUT2D eigenvalue weighted by atomic mass is 9.96. The van der Waals surface area contributed by atoms with Gasteiger partial charge in [0.1, 0.15) is 0 Å². The van der Waals surface area contributed by atoms with Crippen LogP contribution >= 0.6 is 0 Å². The number of carbonyl (C=O) groups is 2. The molecule has 1 amide bonds. The average molecular weight is 381 g/mol. The van der Waals surface area contributed by atoms with Gasteiger partial charge in [0.15, 0.2) is 0 Å². The zero-order valence-electron chi connectivity index (χ0n) is 14.7. The van der Waals surface area contributed by atoms with Gasteiger partial charge in [-0.2, -0.15) is 18.3 Å². The van der Waals surface area contributed by atoms with E-state index in [0.717, 1.165) is 22.0 Å². The van der Waals surface area contributed by atoms with Crippen molar-refractivity contribution in [2.24, 2.45) is 11.8 Å². The van der Waals surface area contributed by atoms with Crippen LogP contribution < -0.4 is 0 Å². The first-order valence-corrected chi connectivity index (χ1v) is 8.30. The van der Waals surface area contributed by atoms with Crippen LogP contribution in [0.25, 0.3) is 5.69 Å². The third-order valence-corrected chi connectivity index (χ3v) is 4.71. The lowest BCUT2D eigenvalue weighted by molar-refractivity contribution is -0.187. The van der Waals surface area contributed by atoms with Gasteiger partial charge in [-0.25, -0.2) is 4.68 Å². The maximum atomic E-state index is 13.1. The minimum Gasteiger partial charge on any atom is -0.481 e. The number of hydrogen-bond donors (Lipinski definition) is 1. The number of rotatable bonds is 3. The molecule has 3 rings (SSSR count). The number of carbonyl (C=O) groups excluding carboxylic acids is 1. The Kier molecular flexibility index (Phi) is 4.71. The fraction of sp³-hybridized carbons (Fsp3) is 0.389. The highest BCUT2D eigenvalue weighted by atomic mass is 19.4. The summed E-state index contributed by atoms with van der Waals surface area (Å²) in [5.41, 5.74) is 2.66. The molecular formula is C18H18F3N3O3. The minimum absolute atomic E-state index is 0.201. The van der Waals surface area contributed by atoms with Gasteiger partial charge in [0.25, 0.3) is 5.91 Å². The molecule has 2 atom stereocenters. The Bertz CT molecular complexity index is 874. The van der Waals surface area contributed by atoms with Crippen molar-refractivity contribution < 1.29 is 27.9 Å². The van der Waals surface area contributed by atoms with Crippen LogP contribution in [0.3, 0.4) is 0 Å². The Morgan fingerprint density at radius 3 is 2.22 bits per heavy atom. The highest BCUT2D eigenvalue weighted by Gasteiger charge is 2.53. The van der Waals surface area contributed by atoms with E-state index in [2.05, 4.69) is 5.10 Å². The molecule has 0 unspecified atom stereocenters. The molecule has 0 bridgehead atoms. The van der Waals surface area contributed by atoms with Crippen LogP contribution in [0.5, 0.6) is 0 Å². The van der Waals surface area contributed by atoms with Gasteiger partial charge in [-0.15, -0.1) is 0 Å². The number of alkyl halides is 3. The number of carboxylic acid groups (broad SMARTS) is 1. The van der Waals surface area contributed by atoms with Gasteiger partial charge in [0.05, 0.1) is 23.2 Å². The second-order valence-electron chi connectivity index (χ2n) is 6.69. The molecule has 1 aromatic carbocycles. The summed E-state index contributed by atoms with van der Waals surface area (Å²) in [5, 5.41) is 13.4. The van der Waals surface area contributed by atoms with Crippen molar-refractivity contribution in [3.63, 3.8) is 0 Å². The predicted molar refractivity (Wildman–Crippen MR) is 89.6 cm³/mol. The number of carboxylic acids is 1. The number of likely N-dealkylation sites (tertiary alicyclic amines) is 1. The van der Waals surface area contributed by atoms with Crippen molar-refractivity contribution in [2.45, 2.75) is 20.0 Å². The average Bonchev–Trinajstić information content (AvgIpc) is 3.18. The van der Waals surface area contributed by atoms with Crippen LogP contribution in [0.15, 0.2) is 30.3 Å². The van der Waals surface area contributed by atoms with E-state index in [9.17, 15) is 22.8 Å². The Morgan fingerprint density at radius 2 is 1.78 bits per heavy atom. The SMILES string of the molecule is Cc1cc(C)n(-c2ccc(C(=O)N3C[C@@H](C(F)(F)F)[C@H](C(=O)O)C3)cc2)n1. The molecule has 6 nitrogen and oxygen atoms in total. The lowest BCUT2D eigenvalue weighted by Gasteiger charge is -2.18. The summed E-state index contributed by atoms with van der Waals surface area (Å²) in [4.78, 5) is 24.7. The molecule has 0 saturated carbocycles. The highest BCUT2D eigenvalue weighted by molar-refractivity contribution is 5.95. The highest BCUT2D eigenvalue weighted by Crippen LogP contribution is 2.38. The molecule has 0 spiro atoms. The maximum Gasteiger partial charge on any atom is 0.394 e. The number of halogens is 3. The van der Waals surface area contributed by atoms with Crippen molar-refractivity contribution in [1.82, 2.24) is 14.7 Å². The summed E-state index contributed by atoms with van der Waals surface area (Å²) in [7, 11) is 0. The first-order valence-electron chi connectivity index (χ1n) is 8.30. The van der Waals surface area contributed by atoms with Crippen LogP contribution in [0.2, 0.25) is 0 Å². The van der Waals surface area contributed by atoms with Crippen molar-refractivity contribution in [3.05, 3.63) is 47.3 Å². The van der Waals surface area contributed by atoms with Crippen LogP contribution in [-0.2, 0) is 4.79 Å². The second-order valence-corrected chi connectivity index (χ2v) is 6.69. The fourth-order valence-electron chi connectivity index (χ4n) is 3.37. The van der Waals surface area contributed by atoms with Crippen LogP contribution in [-0.4, -0.2) is 50.9 Å². The molecular weight excluding hydrogens is 363 g/mol. The van der Waals surface area contributed by atoms with E-state index in [1.54, 1.807) is 16.8 Å². The minimum atomic E-state index is -4.67. The smallest absolute Gasteiger partial charge is 0.394 e. The van der Waals surface area contributed by atoms with Gasteiger partial charge in [-0.05, 0) is 44.2 Å². The topological polar surface area (TPSA) is 75.4 Å². The molecule has 9 heteroatoms. The van der Waals surface area contributed by atoms with E-state index in [1.165, 1.54) is 12.1 Å². The summed E-state index contributed by atoms with van der Waals surface area (Å²) >= 11 is 0. The molecule has 0 radical (unpaired) electrons. The first-order chi connectivity index (χ1) is 12.6. The van der Waals surface area contributed by atoms with E-state index in [0.29, 0.717) is 0 Å². The second kappa shape index (κ2) is 6.71. The largest absolute Gasteiger partial charge is 0.481 e.